The number of nitrogens with zero attached hydrogens (tertiary/aromatic N) is 1. The van der Waals surface area contributed by atoms with Crippen LogP contribution >= 0.6 is 0 Å². The van der Waals surface area contributed by atoms with Crippen LogP contribution in [-0.2, 0) is 14.3 Å². The van der Waals surface area contributed by atoms with Gasteiger partial charge >= 0.3 is 0 Å². The van der Waals surface area contributed by atoms with Crippen LogP contribution < -0.4 is 11.1 Å². The van der Waals surface area contributed by atoms with Crippen LogP contribution in [0.3, 0.4) is 0 Å². The van der Waals surface area contributed by atoms with Crippen LogP contribution in [0.4, 0.5) is 0 Å². The molecule has 2 rings (SSSR count). The van der Waals surface area contributed by atoms with Crippen LogP contribution in [0.15, 0.2) is 0 Å². The van der Waals surface area contributed by atoms with Crippen molar-refractivity contribution in [2.75, 3.05) is 26.3 Å². The van der Waals surface area contributed by atoms with Crippen LogP contribution in [0.2, 0.25) is 0 Å². The van der Waals surface area contributed by atoms with E-state index in [2.05, 4.69) is 5.32 Å². The summed E-state index contributed by atoms with van der Waals surface area (Å²) in [4.78, 5) is 24.4. The summed E-state index contributed by atoms with van der Waals surface area (Å²) < 4.78 is 5.09. The molecule has 0 aromatic carbocycles. The second-order valence-corrected chi connectivity index (χ2v) is 4.98. The molecule has 0 spiro atoms. The number of amides is 2. The third-order valence-electron chi connectivity index (χ3n) is 3.29. The van der Waals surface area contributed by atoms with Crippen molar-refractivity contribution >= 4 is 11.8 Å². The average molecular weight is 255 g/mol. The molecule has 2 amide bonds. The van der Waals surface area contributed by atoms with Gasteiger partial charge in [-0.3, -0.25) is 9.59 Å². The molecule has 0 bridgehead atoms. The lowest BCUT2D eigenvalue weighted by atomic mass is 10.0. The van der Waals surface area contributed by atoms with Crippen molar-refractivity contribution in [2.24, 2.45) is 5.73 Å². The summed E-state index contributed by atoms with van der Waals surface area (Å²) in [5.41, 5.74) is 4.97. The van der Waals surface area contributed by atoms with Crippen molar-refractivity contribution in [1.29, 1.82) is 0 Å². The fraction of sp³-hybridized carbons (Fsp3) is 0.833. The van der Waals surface area contributed by atoms with E-state index in [0.29, 0.717) is 19.2 Å². The molecular formula is C12H21N3O3. The Hall–Kier alpha value is -1.14. The van der Waals surface area contributed by atoms with E-state index in [0.717, 1.165) is 19.4 Å². The largest absolute Gasteiger partial charge is 0.370 e. The smallest absolute Gasteiger partial charge is 0.243 e. The van der Waals surface area contributed by atoms with E-state index >= 15 is 0 Å². The zero-order valence-corrected chi connectivity index (χ0v) is 10.6. The van der Waals surface area contributed by atoms with Crippen molar-refractivity contribution in [3.8, 4) is 0 Å². The molecule has 1 saturated carbocycles. The van der Waals surface area contributed by atoms with Gasteiger partial charge in [0.2, 0.25) is 11.8 Å². The minimum atomic E-state index is -0.478. The molecule has 0 radical (unpaired) electrons. The third-order valence-corrected chi connectivity index (χ3v) is 3.29. The van der Waals surface area contributed by atoms with Crippen LogP contribution in [0.25, 0.3) is 0 Å². The predicted molar refractivity (Wildman–Crippen MR) is 65.8 cm³/mol. The van der Waals surface area contributed by atoms with Crippen LogP contribution in [0.1, 0.15) is 25.7 Å². The van der Waals surface area contributed by atoms with E-state index in [1.165, 1.54) is 12.8 Å². The fourth-order valence-electron chi connectivity index (χ4n) is 2.20. The first-order chi connectivity index (χ1) is 8.66. The Morgan fingerprint density at radius 1 is 1.44 bits per heavy atom. The van der Waals surface area contributed by atoms with Crippen molar-refractivity contribution in [3.63, 3.8) is 0 Å². The van der Waals surface area contributed by atoms with Crippen molar-refractivity contribution in [1.82, 2.24) is 10.2 Å². The minimum absolute atomic E-state index is 0.0256. The Balaban J connectivity index is 1.70. The second-order valence-electron chi connectivity index (χ2n) is 4.98. The Kier molecular flexibility index (Phi) is 4.54. The third kappa shape index (κ3) is 3.96. The highest BCUT2D eigenvalue weighted by atomic mass is 16.5. The molecule has 1 unspecified atom stereocenters. The molecule has 2 fully saturated rings. The van der Waals surface area contributed by atoms with Crippen LogP contribution in [-0.4, -0.2) is 55.1 Å². The molecule has 2 aliphatic rings. The Morgan fingerprint density at radius 3 is 2.89 bits per heavy atom. The number of carbonyl (C=O) groups excluding carboxylic acids is 2. The number of hydrogen-bond donors (Lipinski definition) is 2. The van der Waals surface area contributed by atoms with E-state index in [4.69, 9.17) is 10.5 Å². The first-order valence-electron chi connectivity index (χ1n) is 6.57. The fourth-order valence-corrected chi connectivity index (χ4v) is 2.20. The molecule has 102 valence electrons. The summed E-state index contributed by atoms with van der Waals surface area (Å²) in [6.07, 6.45) is 4.32. The van der Waals surface area contributed by atoms with Gasteiger partial charge in [-0.25, -0.2) is 0 Å². The van der Waals surface area contributed by atoms with Crippen LogP contribution in [0, 0.1) is 0 Å². The number of piperidine rings is 1. The normalized spacial score (nSPS) is 24.3. The number of likely N-dealkylation sites (tertiary alicyclic amines) is 1. The van der Waals surface area contributed by atoms with Gasteiger partial charge < -0.3 is 20.7 Å². The summed E-state index contributed by atoms with van der Waals surface area (Å²) >= 11 is 0. The second kappa shape index (κ2) is 6.15. The maximum atomic E-state index is 12.1. The van der Waals surface area contributed by atoms with E-state index in [-0.39, 0.29) is 18.6 Å². The highest BCUT2D eigenvalue weighted by molar-refractivity contribution is 5.82. The molecule has 0 aromatic heterocycles. The highest BCUT2D eigenvalue weighted by Gasteiger charge is 2.33. The lowest BCUT2D eigenvalue weighted by Gasteiger charge is -2.32. The molecule has 18 heavy (non-hydrogen) atoms. The van der Waals surface area contributed by atoms with Crippen LogP contribution in [0.5, 0.6) is 0 Å². The van der Waals surface area contributed by atoms with Gasteiger partial charge in [-0.05, 0) is 25.7 Å². The van der Waals surface area contributed by atoms with Crippen molar-refractivity contribution in [3.05, 3.63) is 0 Å². The van der Waals surface area contributed by atoms with Gasteiger partial charge in [0, 0.05) is 19.1 Å². The summed E-state index contributed by atoms with van der Waals surface area (Å²) in [5, 5.41) is 3.38. The zero-order valence-electron chi connectivity index (χ0n) is 10.6. The molecule has 1 aliphatic heterocycles. The number of primary amides is 1. The summed E-state index contributed by atoms with van der Waals surface area (Å²) in [5.74, 6) is -0.316. The van der Waals surface area contributed by atoms with Crippen molar-refractivity contribution < 1.29 is 14.3 Å². The Labute approximate surface area is 107 Å². The average Bonchev–Trinajstić information content (AvgIpc) is 3.12. The first kappa shape index (κ1) is 13.3. The molecule has 1 aliphatic carbocycles. The molecule has 6 nitrogen and oxygen atoms in total. The molecule has 0 aromatic rings. The Bertz CT molecular complexity index is 318. The highest BCUT2D eigenvalue weighted by Crippen LogP contribution is 2.22. The lowest BCUT2D eigenvalue weighted by molar-refractivity contribution is -0.137. The van der Waals surface area contributed by atoms with Gasteiger partial charge in [-0.1, -0.05) is 0 Å². The number of nitrogens with one attached hydrogen (secondary N) is 1. The molecular weight excluding hydrogens is 234 g/mol. The molecule has 6 heteroatoms. The maximum absolute atomic E-state index is 12.1. The monoisotopic (exact) mass is 255 g/mol. The van der Waals surface area contributed by atoms with E-state index in [1.54, 1.807) is 0 Å². The van der Waals surface area contributed by atoms with Crippen molar-refractivity contribution in [2.45, 2.75) is 37.8 Å². The van der Waals surface area contributed by atoms with Gasteiger partial charge in [0.1, 0.15) is 6.61 Å². The lowest BCUT2D eigenvalue weighted by Crippen LogP contribution is -2.52. The van der Waals surface area contributed by atoms with Gasteiger partial charge in [0.15, 0.2) is 0 Å². The summed E-state index contributed by atoms with van der Waals surface area (Å²) in [7, 11) is 0. The standard InChI is InChI=1S/C12H21N3O3/c13-11(16)8-18-7-6-15-5-1-2-10(12(15)17)14-9-3-4-9/h9-10,14H,1-8H2,(H2,13,16). The zero-order chi connectivity index (χ0) is 13.0. The number of ether oxygens (including phenoxy) is 1. The maximum Gasteiger partial charge on any atom is 0.243 e. The van der Waals surface area contributed by atoms with Gasteiger partial charge in [-0.2, -0.15) is 0 Å². The number of carbonyl (C=O) groups is 2. The van der Waals surface area contributed by atoms with E-state index < -0.39 is 5.91 Å². The van der Waals surface area contributed by atoms with E-state index in [1.807, 2.05) is 4.90 Å². The summed E-state index contributed by atoms with van der Waals surface area (Å²) in [6, 6.07) is 0.521. The minimum Gasteiger partial charge on any atom is -0.370 e. The molecule has 3 N–H and O–H groups in total. The van der Waals surface area contributed by atoms with Gasteiger partial charge in [0.05, 0.1) is 12.6 Å². The molecule has 1 saturated heterocycles. The van der Waals surface area contributed by atoms with E-state index in [9.17, 15) is 9.59 Å². The quantitative estimate of drug-likeness (QED) is 0.585. The van der Waals surface area contributed by atoms with Gasteiger partial charge in [0.25, 0.3) is 0 Å². The Morgan fingerprint density at radius 2 is 2.22 bits per heavy atom. The topological polar surface area (TPSA) is 84.7 Å². The first-order valence-corrected chi connectivity index (χ1v) is 6.57. The predicted octanol–water partition coefficient (Wildman–Crippen LogP) is -0.769. The molecule has 1 heterocycles. The number of hydrogen-bond acceptors (Lipinski definition) is 4. The molecule has 1 atom stereocenters. The van der Waals surface area contributed by atoms with Gasteiger partial charge in [-0.15, -0.1) is 0 Å². The SMILES string of the molecule is NC(=O)COCCN1CCCC(NC2CC2)C1=O. The number of nitrogens with two attached hydrogens (primary N) is 1. The number of rotatable bonds is 7. The summed E-state index contributed by atoms with van der Waals surface area (Å²) in [6.45, 7) is 1.60.